The number of thioether (sulfide) groups is 1. The molecule has 1 aliphatic carbocycles. The Morgan fingerprint density at radius 2 is 1.63 bits per heavy atom. The van der Waals surface area contributed by atoms with E-state index in [1.807, 2.05) is 12.1 Å². The van der Waals surface area contributed by atoms with Gasteiger partial charge in [-0.1, -0.05) is 73.5 Å². The van der Waals surface area contributed by atoms with E-state index in [9.17, 15) is 4.79 Å². The van der Waals surface area contributed by atoms with E-state index in [2.05, 4.69) is 40.5 Å². The molecule has 0 unspecified atom stereocenters. The van der Waals surface area contributed by atoms with E-state index in [1.54, 1.807) is 4.90 Å². The van der Waals surface area contributed by atoms with Crippen molar-refractivity contribution in [2.45, 2.75) is 51.5 Å². The molecule has 1 amide bonds. The smallest absolute Gasteiger partial charge is 0.239 e. The Kier molecular flexibility index (Phi) is 5.87. The van der Waals surface area contributed by atoms with Gasteiger partial charge < -0.3 is 0 Å². The molecule has 140 valence electrons. The lowest BCUT2D eigenvalue weighted by molar-refractivity contribution is -0.124. The number of amides is 1. The summed E-state index contributed by atoms with van der Waals surface area (Å²) in [6.45, 7) is 0.552. The van der Waals surface area contributed by atoms with Crippen molar-refractivity contribution in [1.82, 2.24) is 4.90 Å². The maximum absolute atomic E-state index is 12.5. The zero-order valence-electron chi connectivity index (χ0n) is 15.6. The zero-order valence-corrected chi connectivity index (χ0v) is 16.4. The normalized spacial score (nSPS) is 20.1. The molecule has 0 atom stereocenters. The highest BCUT2D eigenvalue weighted by atomic mass is 32.2. The molecule has 2 fully saturated rings. The third-order valence-corrected chi connectivity index (χ3v) is 6.22. The monoisotopic (exact) mass is 379 g/mol. The number of rotatable bonds is 3. The van der Waals surface area contributed by atoms with Crippen molar-refractivity contribution >= 4 is 39.3 Å². The van der Waals surface area contributed by atoms with Crippen LogP contribution in [0.3, 0.4) is 0 Å². The van der Waals surface area contributed by atoms with E-state index >= 15 is 0 Å². The second kappa shape index (κ2) is 8.70. The molecular formula is C22H25N3OS. The molecule has 2 aromatic rings. The van der Waals surface area contributed by atoms with Crippen LogP contribution in [0.2, 0.25) is 0 Å². The Labute approximate surface area is 164 Å². The summed E-state index contributed by atoms with van der Waals surface area (Å²) in [7, 11) is 0. The van der Waals surface area contributed by atoms with Crippen LogP contribution in [0.5, 0.6) is 0 Å². The fraction of sp³-hybridized carbons (Fsp3) is 0.409. The molecule has 1 saturated heterocycles. The van der Waals surface area contributed by atoms with Crippen LogP contribution in [0.25, 0.3) is 10.8 Å². The molecule has 2 aromatic carbocycles. The number of carbonyl (C=O) groups is 1. The summed E-state index contributed by atoms with van der Waals surface area (Å²) in [5, 5.41) is 12.2. The Hall–Kier alpha value is -2.14. The number of hydrogen-bond acceptors (Lipinski definition) is 4. The van der Waals surface area contributed by atoms with Crippen LogP contribution < -0.4 is 0 Å². The number of fused-ring (bicyclic) bond motifs is 1. The SMILES string of the molecule is O=C1CS/C(=N\N=C2CCCCCCC2)N1Cc1cccc2ccccc12. The van der Waals surface area contributed by atoms with Crippen molar-refractivity contribution in [3.05, 3.63) is 48.0 Å². The number of amidine groups is 1. The van der Waals surface area contributed by atoms with Crippen molar-refractivity contribution in [1.29, 1.82) is 0 Å². The van der Waals surface area contributed by atoms with Crippen LogP contribution in [-0.4, -0.2) is 27.4 Å². The summed E-state index contributed by atoms with van der Waals surface area (Å²) in [5.74, 6) is 0.568. The van der Waals surface area contributed by atoms with Gasteiger partial charge in [0.15, 0.2) is 5.17 Å². The summed E-state index contributed by atoms with van der Waals surface area (Å²) >= 11 is 1.50. The summed E-state index contributed by atoms with van der Waals surface area (Å²) in [6.07, 6.45) is 8.40. The molecule has 5 heteroatoms. The first-order chi connectivity index (χ1) is 13.3. The second-order valence-electron chi connectivity index (χ2n) is 7.22. The van der Waals surface area contributed by atoms with Crippen LogP contribution in [-0.2, 0) is 11.3 Å². The Bertz CT molecular complexity index is 875. The van der Waals surface area contributed by atoms with E-state index in [0.717, 1.165) is 23.6 Å². The van der Waals surface area contributed by atoms with Crippen molar-refractivity contribution in [3.8, 4) is 0 Å². The molecule has 0 radical (unpaired) electrons. The molecular weight excluding hydrogens is 354 g/mol. The third-order valence-electron chi connectivity index (χ3n) is 5.27. The molecule has 4 rings (SSSR count). The summed E-state index contributed by atoms with van der Waals surface area (Å²) in [4.78, 5) is 14.2. The number of benzene rings is 2. The molecule has 27 heavy (non-hydrogen) atoms. The lowest BCUT2D eigenvalue weighted by Gasteiger charge is -2.17. The minimum absolute atomic E-state index is 0.115. The predicted molar refractivity (Wildman–Crippen MR) is 114 cm³/mol. The molecule has 0 aromatic heterocycles. The highest BCUT2D eigenvalue weighted by Gasteiger charge is 2.28. The van der Waals surface area contributed by atoms with Gasteiger partial charge in [-0.15, -0.1) is 5.10 Å². The van der Waals surface area contributed by atoms with E-state index < -0.39 is 0 Å². The van der Waals surface area contributed by atoms with Crippen LogP contribution in [0.15, 0.2) is 52.7 Å². The lowest BCUT2D eigenvalue weighted by Crippen LogP contribution is -2.29. The fourth-order valence-electron chi connectivity index (χ4n) is 3.76. The summed E-state index contributed by atoms with van der Waals surface area (Å²) in [5.41, 5.74) is 2.34. The van der Waals surface area contributed by atoms with Gasteiger partial charge in [-0.25, -0.2) is 0 Å². The quantitative estimate of drug-likeness (QED) is 0.673. The molecule has 1 aliphatic heterocycles. The summed E-state index contributed by atoms with van der Waals surface area (Å²) in [6, 6.07) is 14.6. The second-order valence-corrected chi connectivity index (χ2v) is 8.17. The fourth-order valence-corrected chi connectivity index (χ4v) is 4.58. The first-order valence-corrected chi connectivity index (χ1v) is 10.8. The Balaban J connectivity index is 1.56. The number of hydrogen-bond donors (Lipinski definition) is 0. The minimum Gasteiger partial charge on any atom is -0.285 e. The van der Waals surface area contributed by atoms with Crippen LogP contribution in [0.1, 0.15) is 50.5 Å². The Morgan fingerprint density at radius 3 is 2.48 bits per heavy atom. The number of carbonyl (C=O) groups excluding carboxylic acids is 1. The lowest BCUT2D eigenvalue weighted by atomic mass is 9.99. The molecule has 1 heterocycles. The topological polar surface area (TPSA) is 45.0 Å². The van der Waals surface area contributed by atoms with E-state index in [-0.39, 0.29) is 5.91 Å². The van der Waals surface area contributed by atoms with Gasteiger partial charge in [-0.3, -0.25) is 9.69 Å². The van der Waals surface area contributed by atoms with Gasteiger partial charge in [0.05, 0.1) is 12.3 Å². The first kappa shape index (κ1) is 18.2. The van der Waals surface area contributed by atoms with Crippen molar-refractivity contribution < 1.29 is 4.79 Å². The minimum atomic E-state index is 0.115. The van der Waals surface area contributed by atoms with Gasteiger partial charge in [-0.05, 0) is 42.0 Å². The average Bonchev–Trinajstić information content (AvgIpc) is 3.01. The largest absolute Gasteiger partial charge is 0.285 e. The maximum Gasteiger partial charge on any atom is 0.239 e. The predicted octanol–water partition coefficient (Wildman–Crippen LogP) is 5.37. The summed E-state index contributed by atoms with van der Waals surface area (Å²) < 4.78 is 0. The molecule has 4 nitrogen and oxygen atoms in total. The van der Waals surface area contributed by atoms with Gasteiger partial charge in [-0.2, -0.15) is 5.10 Å². The molecule has 2 aliphatic rings. The van der Waals surface area contributed by atoms with Crippen LogP contribution in [0, 0.1) is 0 Å². The first-order valence-electron chi connectivity index (χ1n) is 9.84. The Morgan fingerprint density at radius 1 is 0.889 bits per heavy atom. The standard InChI is InChI=1S/C22H25N3OS/c26-21-16-27-22(24-23-19-12-4-2-1-3-5-13-19)25(21)15-18-11-8-10-17-9-6-7-14-20(17)18/h6-11,14H,1-5,12-13,15-16H2/b24-22-. The van der Waals surface area contributed by atoms with E-state index in [1.165, 1.54) is 60.4 Å². The van der Waals surface area contributed by atoms with Crippen LogP contribution in [0.4, 0.5) is 0 Å². The van der Waals surface area contributed by atoms with Gasteiger partial charge in [0.2, 0.25) is 5.91 Å². The maximum atomic E-state index is 12.5. The van der Waals surface area contributed by atoms with Gasteiger partial charge >= 0.3 is 0 Å². The van der Waals surface area contributed by atoms with Crippen molar-refractivity contribution in [2.75, 3.05) is 5.75 Å². The third kappa shape index (κ3) is 4.41. The molecule has 0 spiro atoms. The zero-order chi connectivity index (χ0) is 18.5. The van der Waals surface area contributed by atoms with Crippen molar-refractivity contribution in [3.63, 3.8) is 0 Å². The van der Waals surface area contributed by atoms with E-state index in [4.69, 9.17) is 0 Å². The van der Waals surface area contributed by atoms with Crippen LogP contribution >= 0.6 is 11.8 Å². The van der Waals surface area contributed by atoms with E-state index in [0.29, 0.717) is 12.3 Å². The van der Waals surface area contributed by atoms with Gasteiger partial charge in [0.1, 0.15) is 0 Å². The highest BCUT2D eigenvalue weighted by molar-refractivity contribution is 8.15. The molecule has 0 bridgehead atoms. The van der Waals surface area contributed by atoms with Gasteiger partial charge in [0.25, 0.3) is 0 Å². The molecule has 0 N–H and O–H groups in total. The highest BCUT2D eigenvalue weighted by Crippen LogP contribution is 2.26. The average molecular weight is 380 g/mol. The van der Waals surface area contributed by atoms with Crippen molar-refractivity contribution in [2.24, 2.45) is 10.2 Å². The molecule has 1 saturated carbocycles. The van der Waals surface area contributed by atoms with Gasteiger partial charge in [0, 0.05) is 5.71 Å². The number of nitrogens with zero attached hydrogens (tertiary/aromatic N) is 3.